The average Bonchev–Trinajstić information content (AvgIpc) is 2.88. The van der Waals surface area contributed by atoms with Gasteiger partial charge in [-0.3, -0.25) is 14.9 Å². The summed E-state index contributed by atoms with van der Waals surface area (Å²) in [5.41, 5.74) is -0.144. The lowest BCUT2D eigenvalue weighted by molar-refractivity contribution is -0.385. The van der Waals surface area contributed by atoms with E-state index in [4.69, 9.17) is 11.6 Å². The number of nitro groups is 1. The van der Waals surface area contributed by atoms with Crippen LogP contribution >= 0.6 is 11.6 Å². The molecule has 108 valence electrons. The van der Waals surface area contributed by atoms with Crippen molar-refractivity contribution in [1.29, 1.82) is 0 Å². The van der Waals surface area contributed by atoms with E-state index in [0.29, 0.717) is 25.3 Å². The Hall–Kier alpha value is -1.89. The molecule has 1 N–H and O–H groups in total. The second-order valence-corrected chi connectivity index (χ2v) is 5.01. The molecule has 0 aliphatic carbocycles. The first-order chi connectivity index (χ1) is 9.51. The van der Waals surface area contributed by atoms with Crippen LogP contribution in [0.4, 0.5) is 11.5 Å². The zero-order chi connectivity index (χ0) is 14.7. The van der Waals surface area contributed by atoms with Crippen LogP contribution in [0.1, 0.15) is 19.8 Å². The summed E-state index contributed by atoms with van der Waals surface area (Å²) in [5, 5.41) is 13.9. The zero-order valence-corrected chi connectivity index (χ0v) is 11.8. The highest BCUT2D eigenvalue weighted by atomic mass is 35.5. The van der Waals surface area contributed by atoms with E-state index in [1.807, 2.05) is 6.92 Å². The predicted octanol–water partition coefficient (Wildman–Crippen LogP) is 2.07. The first kappa shape index (κ1) is 14.5. The maximum absolute atomic E-state index is 11.6. The minimum atomic E-state index is -0.542. The minimum Gasteiger partial charge on any atom is -0.364 e. The van der Waals surface area contributed by atoms with Gasteiger partial charge in [0.15, 0.2) is 0 Å². The number of carbonyl (C=O) groups is 1. The number of rotatable bonds is 4. The van der Waals surface area contributed by atoms with Gasteiger partial charge in [0.2, 0.25) is 5.91 Å². The fraction of sp³-hybridized carbons (Fsp3) is 0.500. The number of pyridine rings is 1. The number of likely N-dealkylation sites (tertiary alicyclic amines) is 1. The summed E-state index contributed by atoms with van der Waals surface area (Å²) >= 11 is 5.97. The number of hydrogen-bond donors (Lipinski definition) is 1. The Morgan fingerprint density at radius 1 is 1.70 bits per heavy atom. The molecular weight excluding hydrogens is 284 g/mol. The summed E-state index contributed by atoms with van der Waals surface area (Å²) in [6.07, 6.45) is 2.46. The minimum absolute atomic E-state index is 0.0666. The van der Waals surface area contributed by atoms with E-state index in [0.717, 1.165) is 12.6 Å². The first-order valence-electron chi connectivity index (χ1n) is 6.35. The number of carbonyl (C=O) groups excluding carboxylic acids is 1. The van der Waals surface area contributed by atoms with E-state index in [2.05, 4.69) is 10.3 Å². The molecule has 8 heteroatoms. The molecule has 1 aliphatic heterocycles. The van der Waals surface area contributed by atoms with E-state index in [-0.39, 0.29) is 22.7 Å². The molecule has 0 saturated carbocycles. The molecule has 20 heavy (non-hydrogen) atoms. The highest BCUT2D eigenvalue weighted by Crippen LogP contribution is 2.25. The fourth-order valence-corrected chi connectivity index (χ4v) is 2.37. The van der Waals surface area contributed by atoms with E-state index in [9.17, 15) is 14.9 Å². The van der Waals surface area contributed by atoms with Gasteiger partial charge in [0.1, 0.15) is 12.0 Å². The number of amides is 1. The van der Waals surface area contributed by atoms with Crippen LogP contribution in [0.5, 0.6) is 0 Å². The Bertz CT molecular complexity index is 537. The molecule has 1 aliphatic rings. The normalized spacial score (nSPS) is 18.1. The molecule has 1 amide bonds. The Morgan fingerprint density at radius 2 is 2.45 bits per heavy atom. The number of nitrogens with one attached hydrogen (secondary N) is 1. The van der Waals surface area contributed by atoms with Gasteiger partial charge in [0.05, 0.1) is 9.95 Å². The molecule has 0 radical (unpaired) electrons. The summed E-state index contributed by atoms with van der Waals surface area (Å²) in [6.45, 7) is 3.13. The quantitative estimate of drug-likeness (QED) is 0.679. The highest BCUT2D eigenvalue weighted by molar-refractivity contribution is 6.33. The SMILES string of the molecule is CCC(=O)N1CCC(Nc2ncc([N+](=O)[O-])cc2Cl)C1. The Balaban J connectivity index is 2.01. The van der Waals surface area contributed by atoms with Crippen molar-refractivity contribution in [2.75, 3.05) is 18.4 Å². The van der Waals surface area contributed by atoms with Crippen LogP contribution in [0.3, 0.4) is 0 Å². The number of nitrogens with zero attached hydrogens (tertiary/aromatic N) is 3. The maximum Gasteiger partial charge on any atom is 0.289 e. The summed E-state index contributed by atoms with van der Waals surface area (Å²) in [4.78, 5) is 27.4. The molecule has 0 aromatic carbocycles. The number of aromatic nitrogens is 1. The Kier molecular flexibility index (Phi) is 4.39. The number of anilines is 1. The van der Waals surface area contributed by atoms with Gasteiger partial charge < -0.3 is 10.2 Å². The lowest BCUT2D eigenvalue weighted by Gasteiger charge is -2.17. The molecule has 1 fully saturated rings. The third-order valence-corrected chi connectivity index (χ3v) is 3.51. The summed E-state index contributed by atoms with van der Waals surface area (Å²) in [5.74, 6) is 0.533. The standard InChI is InChI=1S/C12H15ClN4O3/c1-2-11(18)16-4-3-8(7-16)15-12-10(13)5-9(6-14-12)17(19)20/h5-6,8H,2-4,7H2,1H3,(H,14,15). The monoisotopic (exact) mass is 298 g/mol. The molecule has 1 aromatic rings. The van der Waals surface area contributed by atoms with Crippen LogP contribution in [0.15, 0.2) is 12.3 Å². The van der Waals surface area contributed by atoms with Gasteiger partial charge in [-0.2, -0.15) is 0 Å². The number of hydrogen-bond acceptors (Lipinski definition) is 5. The lowest BCUT2D eigenvalue weighted by Crippen LogP contribution is -2.31. The predicted molar refractivity (Wildman–Crippen MR) is 74.8 cm³/mol. The topological polar surface area (TPSA) is 88.4 Å². The zero-order valence-electron chi connectivity index (χ0n) is 11.0. The molecule has 7 nitrogen and oxygen atoms in total. The summed E-state index contributed by atoms with van der Waals surface area (Å²) in [7, 11) is 0. The maximum atomic E-state index is 11.6. The molecule has 2 rings (SSSR count). The molecule has 1 aromatic heterocycles. The van der Waals surface area contributed by atoms with Gasteiger partial charge in [-0.15, -0.1) is 0 Å². The fourth-order valence-electron chi connectivity index (χ4n) is 2.16. The number of halogens is 1. The van der Waals surface area contributed by atoms with Gasteiger partial charge in [0.25, 0.3) is 5.69 Å². The van der Waals surface area contributed by atoms with Gasteiger partial charge in [-0.25, -0.2) is 4.98 Å². The molecule has 0 spiro atoms. The largest absolute Gasteiger partial charge is 0.364 e. The van der Waals surface area contributed by atoms with Crippen molar-refractivity contribution in [2.45, 2.75) is 25.8 Å². The Labute approximate surface area is 121 Å². The van der Waals surface area contributed by atoms with Crippen molar-refractivity contribution in [1.82, 2.24) is 9.88 Å². The van der Waals surface area contributed by atoms with E-state index in [1.54, 1.807) is 4.90 Å². The molecule has 2 heterocycles. The van der Waals surface area contributed by atoms with Crippen LogP contribution in [0.25, 0.3) is 0 Å². The second-order valence-electron chi connectivity index (χ2n) is 4.60. The van der Waals surface area contributed by atoms with Crippen molar-refractivity contribution >= 4 is 29.0 Å². The molecule has 1 unspecified atom stereocenters. The molecule has 0 bridgehead atoms. The average molecular weight is 299 g/mol. The van der Waals surface area contributed by atoms with Crippen LogP contribution < -0.4 is 5.32 Å². The first-order valence-corrected chi connectivity index (χ1v) is 6.73. The van der Waals surface area contributed by atoms with Gasteiger partial charge in [-0.05, 0) is 6.42 Å². The van der Waals surface area contributed by atoms with Gasteiger partial charge >= 0.3 is 0 Å². The molecule has 1 atom stereocenters. The van der Waals surface area contributed by atoms with E-state index < -0.39 is 4.92 Å². The van der Waals surface area contributed by atoms with Crippen molar-refractivity contribution in [3.63, 3.8) is 0 Å². The second kappa shape index (κ2) is 6.04. The highest BCUT2D eigenvalue weighted by Gasteiger charge is 2.26. The molecule has 1 saturated heterocycles. The van der Waals surface area contributed by atoms with Gasteiger partial charge in [0, 0.05) is 31.6 Å². The van der Waals surface area contributed by atoms with Crippen LogP contribution in [-0.4, -0.2) is 39.8 Å². The van der Waals surface area contributed by atoms with Crippen LogP contribution in [0, 0.1) is 10.1 Å². The lowest BCUT2D eigenvalue weighted by atomic mass is 10.2. The van der Waals surface area contributed by atoms with Crippen molar-refractivity contribution < 1.29 is 9.72 Å². The summed E-state index contributed by atoms with van der Waals surface area (Å²) in [6, 6.07) is 1.33. The van der Waals surface area contributed by atoms with Crippen LogP contribution in [0.2, 0.25) is 5.02 Å². The molecular formula is C12H15ClN4O3. The van der Waals surface area contributed by atoms with Gasteiger partial charge in [-0.1, -0.05) is 18.5 Å². The smallest absolute Gasteiger partial charge is 0.289 e. The van der Waals surface area contributed by atoms with Crippen molar-refractivity contribution in [3.8, 4) is 0 Å². The van der Waals surface area contributed by atoms with E-state index >= 15 is 0 Å². The summed E-state index contributed by atoms with van der Waals surface area (Å²) < 4.78 is 0. The van der Waals surface area contributed by atoms with E-state index in [1.165, 1.54) is 6.07 Å². The third-order valence-electron chi connectivity index (χ3n) is 3.22. The Morgan fingerprint density at radius 3 is 3.05 bits per heavy atom. The third kappa shape index (κ3) is 3.16. The van der Waals surface area contributed by atoms with Crippen molar-refractivity contribution in [3.05, 3.63) is 27.4 Å². The van der Waals surface area contributed by atoms with Crippen molar-refractivity contribution in [2.24, 2.45) is 0 Å². The van der Waals surface area contributed by atoms with Crippen LogP contribution in [-0.2, 0) is 4.79 Å².